The number of ether oxygens (including phenoxy) is 1. The molecule has 0 fully saturated rings. The van der Waals surface area contributed by atoms with E-state index >= 15 is 0 Å². The largest absolute Gasteiger partial charge is 0.484 e. The lowest BCUT2D eigenvalue weighted by atomic mass is 10.2. The van der Waals surface area contributed by atoms with Crippen LogP contribution in [0.1, 0.15) is 5.56 Å². The second-order valence-corrected chi connectivity index (χ2v) is 5.96. The first kappa shape index (κ1) is 16.1. The second-order valence-electron chi connectivity index (χ2n) is 5.04. The summed E-state index contributed by atoms with van der Waals surface area (Å²) < 4.78 is 8.00. The van der Waals surface area contributed by atoms with Crippen molar-refractivity contribution in [2.45, 2.75) is 6.92 Å². The minimum Gasteiger partial charge on any atom is -0.484 e. The molecular weight excluding hydrogens is 374 g/mol. The number of carbonyl (C=O) groups is 1. The van der Waals surface area contributed by atoms with Crippen LogP contribution in [0, 0.1) is 6.92 Å². The molecule has 3 aromatic rings. The van der Waals surface area contributed by atoms with Crippen molar-refractivity contribution in [3.8, 4) is 11.4 Å². The van der Waals surface area contributed by atoms with Crippen molar-refractivity contribution in [1.82, 2.24) is 20.2 Å². The van der Waals surface area contributed by atoms with Crippen LogP contribution in [-0.4, -0.2) is 32.7 Å². The van der Waals surface area contributed by atoms with E-state index in [1.807, 2.05) is 37.3 Å². The summed E-state index contributed by atoms with van der Waals surface area (Å²) in [5.74, 6) is 0.375. The summed E-state index contributed by atoms with van der Waals surface area (Å²) in [5.41, 5.74) is 2.55. The number of anilines is 1. The summed E-state index contributed by atoms with van der Waals surface area (Å²) in [7, 11) is 0. The zero-order chi connectivity index (χ0) is 16.9. The van der Waals surface area contributed by atoms with Gasteiger partial charge in [0.15, 0.2) is 6.61 Å². The van der Waals surface area contributed by atoms with E-state index < -0.39 is 0 Å². The van der Waals surface area contributed by atoms with Crippen LogP contribution < -0.4 is 10.1 Å². The Morgan fingerprint density at radius 2 is 2.04 bits per heavy atom. The first-order valence-electron chi connectivity index (χ1n) is 7.14. The molecule has 0 saturated carbocycles. The fourth-order valence-corrected chi connectivity index (χ4v) is 2.55. The predicted octanol–water partition coefficient (Wildman–Crippen LogP) is 2.75. The lowest BCUT2D eigenvalue weighted by molar-refractivity contribution is -0.118. The van der Waals surface area contributed by atoms with Gasteiger partial charge >= 0.3 is 0 Å². The Kier molecular flexibility index (Phi) is 4.85. The van der Waals surface area contributed by atoms with Gasteiger partial charge in [0.25, 0.3) is 5.91 Å². The molecule has 24 heavy (non-hydrogen) atoms. The van der Waals surface area contributed by atoms with Gasteiger partial charge in [-0.3, -0.25) is 4.79 Å². The monoisotopic (exact) mass is 387 g/mol. The number of aryl methyl sites for hydroxylation is 1. The van der Waals surface area contributed by atoms with E-state index in [1.165, 1.54) is 11.0 Å². The maximum absolute atomic E-state index is 12.0. The lowest BCUT2D eigenvalue weighted by Gasteiger charge is -2.10. The third-order valence-corrected chi connectivity index (χ3v) is 3.78. The molecule has 8 heteroatoms. The normalized spacial score (nSPS) is 10.4. The van der Waals surface area contributed by atoms with E-state index in [1.54, 1.807) is 12.1 Å². The van der Waals surface area contributed by atoms with Crippen LogP contribution in [0.3, 0.4) is 0 Å². The standard InChI is InChI=1S/C16H14BrN5O2/c1-11-8-12(17)2-7-15(11)19-16(23)9-24-14-5-3-13(4-6-14)22-10-18-20-21-22/h2-8,10H,9H2,1H3,(H,19,23). The van der Waals surface area contributed by atoms with Gasteiger partial charge in [0.05, 0.1) is 5.69 Å². The van der Waals surface area contributed by atoms with Gasteiger partial charge in [-0.05, 0) is 65.4 Å². The van der Waals surface area contributed by atoms with Crippen molar-refractivity contribution in [1.29, 1.82) is 0 Å². The molecular formula is C16H14BrN5O2. The minimum absolute atomic E-state index is 0.0697. The van der Waals surface area contributed by atoms with Gasteiger partial charge in [-0.2, -0.15) is 0 Å². The van der Waals surface area contributed by atoms with Crippen LogP contribution in [0.25, 0.3) is 5.69 Å². The van der Waals surface area contributed by atoms with E-state index in [2.05, 4.69) is 36.8 Å². The quantitative estimate of drug-likeness (QED) is 0.727. The van der Waals surface area contributed by atoms with Gasteiger partial charge in [0.2, 0.25) is 0 Å². The Morgan fingerprint density at radius 1 is 1.25 bits per heavy atom. The summed E-state index contributed by atoms with van der Waals surface area (Å²) in [6.07, 6.45) is 1.50. The van der Waals surface area contributed by atoms with Crippen molar-refractivity contribution < 1.29 is 9.53 Å². The molecule has 0 radical (unpaired) electrons. The topological polar surface area (TPSA) is 81.9 Å². The molecule has 0 aliphatic heterocycles. The van der Waals surface area contributed by atoms with Crippen molar-refractivity contribution in [3.05, 3.63) is 58.8 Å². The van der Waals surface area contributed by atoms with E-state index in [9.17, 15) is 4.79 Å². The van der Waals surface area contributed by atoms with Crippen molar-refractivity contribution >= 4 is 27.5 Å². The molecule has 0 bridgehead atoms. The van der Waals surface area contributed by atoms with Gasteiger partial charge in [-0.1, -0.05) is 15.9 Å². The molecule has 122 valence electrons. The molecule has 1 N–H and O–H groups in total. The van der Waals surface area contributed by atoms with E-state index in [0.717, 1.165) is 21.4 Å². The van der Waals surface area contributed by atoms with E-state index in [-0.39, 0.29) is 12.5 Å². The number of benzene rings is 2. The van der Waals surface area contributed by atoms with Gasteiger partial charge < -0.3 is 10.1 Å². The SMILES string of the molecule is Cc1cc(Br)ccc1NC(=O)COc1ccc(-n2cnnn2)cc1. The maximum Gasteiger partial charge on any atom is 0.262 e. The Labute approximate surface area is 146 Å². The molecule has 0 atom stereocenters. The molecule has 3 rings (SSSR count). The first-order valence-corrected chi connectivity index (χ1v) is 7.93. The van der Waals surface area contributed by atoms with Gasteiger partial charge in [0.1, 0.15) is 12.1 Å². The fraction of sp³-hybridized carbons (Fsp3) is 0.125. The van der Waals surface area contributed by atoms with Gasteiger partial charge in [-0.15, -0.1) is 5.10 Å². The number of aromatic nitrogens is 4. The highest BCUT2D eigenvalue weighted by Gasteiger charge is 2.06. The summed E-state index contributed by atoms with van der Waals surface area (Å²) in [6, 6.07) is 12.8. The number of nitrogens with zero attached hydrogens (tertiary/aromatic N) is 4. The summed E-state index contributed by atoms with van der Waals surface area (Å²) >= 11 is 3.39. The third kappa shape index (κ3) is 3.96. The highest BCUT2D eigenvalue weighted by atomic mass is 79.9. The molecule has 2 aromatic carbocycles. The summed E-state index contributed by atoms with van der Waals surface area (Å²) in [5, 5.41) is 13.8. The van der Waals surface area contributed by atoms with E-state index in [0.29, 0.717) is 5.75 Å². The molecule has 7 nitrogen and oxygen atoms in total. The van der Waals surface area contributed by atoms with Gasteiger partial charge in [-0.25, -0.2) is 4.68 Å². The Balaban J connectivity index is 1.56. The average Bonchev–Trinajstić information content (AvgIpc) is 3.11. The van der Waals surface area contributed by atoms with E-state index in [4.69, 9.17) is 4.74 Å². The van der Waals surface area contributed by atoms with Crippen LogP contribution in [0.2, 0.25) is 0 Å². The fourth-order valence-electron chi connectivity index (χ4n) is 2.08. The number of carbonyl (C=O) groups excluding carboxylic acids is 1. The number of rotatable bonds is 5. The number of nitrogens with one attached hydrogen (secondary N) is 1. The smallest absolute Gasteiger partial charge is 0.262 e. The highest BCUT2D eigenvalue weighted by molar-refractivity contribution is 9.10. The molecule has 0 spiro atoms. The number of amides is 1. The van der Waals surface area contributed by atoms with Crippen LogP contribution in [-0.2, 0) is 4.79 Å². The maximum atomic E-state index is 12.0. The van der Waals surface area contributed by atoms with Crippen molar-refractivity contribution in [2.75, 3.05) is 11.9 Å². The Hall–Kier alpha value is -2.74. The van der Waals surface area contributed by atoms with Crippen LogP contribution in [0.5, 0.6) is 5.75 Å². The lowest BCUT2D eigenvalue weighted by Crippen LogP contribution is -2.20. The predicted molar refractivity (Wildman–Crippen MR) is 92.2 cm³/mol. The summed E-state index contributed by atoms with van der Waals surface area (Å²) in [6.45, 7) is 1.86. The molecule has 0 unspecified atom stereocenters. The van der Waals surface area contributed by atoms with Crippen LogP contribution >= 0.6 is 15.9 Å². The Morgan fingerprint density at radius 3 is 2.71 bits per heavy atom. The highest BCUT2D eigenvalue weighted by Crippen LogP contribution is 2.20. The second kappa shape index (κ2) is 7.22. The summed E-state index contributed by atoms with van der Waals surface area (Å²) in [4.78, 5) is 12.0. The van der Waals surface area contributed by atoms with Crippen LogP contribution in [0.4, 0.5) is 5.69 Å². The average molecular weight is 388 g/mol. The van der Waals surface area contributed by atoms with Crippen molar-refractivity contribution in [2.24, 2.45) is 0 Å². The van der Waals surface area contributed by atoms with Gasteiger partial charge in [0, 0.05) is 10.2 Å². The first-order chi connectivity index (χ1) is 11.6. The zero-order valence-corrected chi connectivity index (χ0v) is 14.4. The minimum atomic E-state index is -0.218. The molecule has 1 amide bonds. The number of tetrazole rings is 1. The third-order valence-electron chi connectivity index (χ3n) is 3.28. The molecule has 1 aromatic heterocycles. The Bertz CT molecular complexity index is 834. The molecule has 1 heterocycles. The van der Waals surface area contributed by atoms with Crippen LogP contribution in [0.15, 0.2) is 53.3 Å². The number of hydrogen-bond donors (Lipinski definition) is 1. The van der Waals surface area contributed by atoms with Crippen molar-refractivity contribution in [3.63, 3.8) is 0 Å². The number of hydrogen-bond acceptors (Lipinski definition) is 5. The number of halogens is 1. The zero-order valence-electron chi connectivity index (χ0n) is 12.8. The molecule has 0 saturated heterocycles. The molecule has 0 aliphatic rings. The molecule has 0 aliphatic carbocycles.